The van der Waals surface area contributed by atoms with E-state index in [4.69, 9.17) is 9.47 Å². The fourth-order valence-electron chi connectivity index (χ4n) is 3.46. The molecule has 0 aromatic heterocycles. The third-order valence-electron chi connectivity index (χ3n) is 4.75. The molecule has 0 radical (unpaired) electrons. The minimum absolute atomic E-state index is 0.129. The maximum Gasteiger partial charge on any atom is 0.158 e. The van der Waals surface area contributed by atoms with Crippen molar-refractivity contribution in [2.45, 2.75) is 58.5 Å². The number of nitrogens with one attached hydrogen (secondary N) is 1. The van der Waals surface area contributed by atoms with Gasteiger partial charge in [0.15, 0.2) is 6.23 Å². The first-order valence-electron chi connectivity index (χ1n) is 8.89. The standard InChI is InChI=1S/C21H27NO2/c1-5-21(6-2)17-12-8-9-13-18(17)22-20(24-21)16-11-7-10-14-19(16)23-15(3)4/h7-15,20,22H,5-6H2,1-4H3. The van der Waals surface area contributed by atoms with Crippen molar-refractivity contribution in [3.63, 3.8) is 0 Å². The van der Waals surface area contributed by atoms with Gasteiger partial charge in [-0.3, -0.25) is 0 Å². The fourth-order valence-corrected chi connectivity index (χ4v) is 3.46. The molecule has 1 N–H and O–H groups in total. The van der Waals surface area contributed by atoms with Gasteiger partial charge in [-0.05, 0) is 38.8 Å². The molecule has 2 aromatic rings. The van der Waals surface area contributed by atoms with Crippen molar-refractivity contribution in [2.75, 3.05) is 5.32 Å². The SMILES string of the molecule is CCC1(CC)OC(c2ccccc2OC(C)C)Nc2ccccc21. The van der Waals surface area contributed by atoms with Crippen molar-refractivity contribution < 1.29 is 9.47 Å². The molecule has 1 aliphatic rings. The Bertz CT molecular complexity index is 692. The van der Waals surface area contributed by atoms with E-state index in [9.17, 15) is 0 Å². The van der Waals surface area contributed by atoms with Gasteiger partial charge in [-0.25, -0.2) is 0 Å². The van der Waals surface area contributed by atoms with E-state index in [2.05, 4.69) is 49.5 Å². The summed E-state index contributed by atoms with van der Waals surface area (Å²) in [7, 11) is 0. The third kappa shape index (κ3) is 3.01. The zero-order valence-electron chi connectivity index (χ0n) is 15.0. The Balaban J connectivity index is 2.03. The highest BCUT2D eigenvalue weighted by molar-refractivity contribution is 5.57. The third-order valence-corrected chi connectivity index (χ3v) is 4.75. The van der Waals surface area contributed by atoms with E-state index < -0.39 is 0 Å². The summed E-state index contributed by atoms with van der Waals surface area (Å²) in [6.45, 7) is 8.48. The van der Waals surface area contributed by atoms with Gasteiger partial charge in [0, 0.05) is 16.8 Å². The second-order valence-electron chi connectivity index (χ2n) is 6.59. The number of fused-ring (bicyclic) bond motifs is 1. The average Bonchev–Trinajstić information content (AvgIpc) is 2.60. The summed E-state index contributed by atoms with van der Waals surface area (Å²) in [5.74, 6) is 0.880. The van der Waals surface area contributed by atoms with E-state index in [1.165, 1.54) is 5.56 Å². The van der Waals surface area contributed by atoms with Gasteiger partial charge in [0.25, 0.3) is 0 Å². The minimum atomic E-state index is -0.266. The van der Waals surface area contributed by atoms with Gasteiger partial charge in [0.05, 0.1) is 11.7 Å². The maximum absolute atomic E-state index is 6.62. The van der Waals surface area contributed by atoms with Crippen LogP contribution in [0.25, 0.3) is 0 Å². The quantitative estimate of drug-likeness (QED) is 0.773. The molecule has 1 unspecified atom stereocenters. The maximum atomic E-state index is 6.62. The van der Waals surface area contributed by atoms with Gasteiger partial charge in [-0.15, -0.1) is 0 Å². The van der Waals surface area contributed by atoms with Crippen LogP contribution in [0.3, 0.4) is 0 Å². The molecule has 1 heterocycles. The van der Waals surface area contributed by atoms with Crippen molar-refractivity contribution in [2.24, 2.45) is 0 Å². The Hall–Kier alpha value is -2.00. The molecule has 0 fully saturated rings. The van der Waals surface area contributed by atoms with Crippen LogP contribution in [-0.2, 0) is 10.3 Å². The predicted molar refractivity (Wildman–Crippen MR) is 98.4 cm³/mol. The van der Waals surface area contributed by atoms with E-state index in [0.717, 1.165) is 29.8 Å². The molecule has 3 nitrogen and oxygen atoms in total. The first-order valence-corrected chi connectivity index (χ1v) is 8.89. The van der Waals surface area contributed by atoms with Crippen LogP contribution in [0.4, 0.5) is 5.69 Å². The Morgan fingerprint density at radius 3 is 2.42 bits per heavy atom. The van der Waals surface area contributed by atoms with E-state index in [1.807, 2.05) is 32.0 Å². The number of para-hydroxylation sites is 2. The average molecular weight is 325 g/mol. The lowest BCUT2D eigenvalue weighted by atomic mass is 9.85. The highest BCUT2D eigenvalue weighted by atomic mass is 16.5. The van der Waals surface area contributed by atoms with Crippen LogP contribution >= 0.6 is 0 Å². The molecule has 0 aliphatic carbocycles. The topological polar surface area (TPSA) is 30.5 Å². The summed E-state index contributed by atoms with van der Waals surface area (Å²) in [4.78, 5) is 0. The van der Waals surface area contributed by atoms with Crippen molar-refractivity contribution in [1.82, 2.24) is 0 Å². The highest BCUT2D eigenvalue weighted by Crippen LogP contribution is 2.47. The van der Waals surface area contributed by atoms with E-state index >= 15 is 0 Å². The number of ether oxygens (including phenoxy) is 2. The fraction of sp³-hybridized carbons (Fsp3) is 0.429. The van der Waals surface area contributed by atoms with Gasteiger partial charge >= 0.3 is 0 Å². The molecular weight excluding hydrogens is 298 g/mol. The summed E-state index contributed by atoms with van der Waals surface area (Å²) in [6.07, 6.45) is 1.79. The van der Waals surface area contributed by atoms with Crippen molar-refractivity contribution in [3.8, 4) is 5.75 Å². The van der Waals surface area contributed by atoms with Crippen LogP contribution < -0.4 is 10.1 Å². The van der Waals surface area contributed by atoms with Gasteiger partial charge in [-0.2, -0.15) is 0 Å². The van der Waals surface area contributed by atoms with E-state index in [0.29, 0.717) is 0 Å². The van der Waals surface area contributed by atoms with Crippen molar-refractivity contribution >= 4 is 5.69 Å². The largest absolute Gasteiger partial charge is 0.491 e. The molecule has 24 heavy (non-hydrogen) atoms. The molecule has 128 valence electrons. The number of rotatable bonds is 5. The lowest BCUT2D eigenvalue weighted by molar-refractivity contribution is -0.104. The molecule has 2 aromatic carbocycles. The summed E-state index contributed by atoms with van der Waals surface area (Å²) < 4.78 is 12.6. The molecular formula is C21H27NO2. The smallest absolute Gasteiger partial charge is 0.158 e. The lowest BCUT2D eigenvalue weighted by Crippen LogP contribution is -2.38. The number of hydrogen-bond donors (Lipinski definition) is 1. The minimum Gasteiger partial charge on any atom is -0.491 e. The Labute approximate surface area is 145 Å². The number of anilines is 1. The van der Waals surface area contributed by atoms with Crippen LogP contribution in [0.1, 0.15) is 57.9 Å². The predicted octanol–water partition coefficient (Wildman–Crippen LogP) is 5.63. The molecule has 1 atom stereocenters. The van der Waals surface area contributed by atoms with Crippen LogP contribution in [0.15, 0.2) is 48.5 Å². The first-order chi connectivity index (χ1) is 11.6. The zero-order chi connectivity index (χ0) is 17.2. The highest BCUT2D eigenvalue weighted by Gasteiger charge is 2.39. The van der Waals surface area contributed by atoms with Crippen molar-refractivity contribution in [1.29, 1.82) is 0 Å². The van der Waals surface area contributed by atoms with Gasteiger partial charge in [0.2, 0.25) is 0 Å². The second kappa shape index (κ2) is 6.86. The number of hydrogen-bond acceptors (Lipinski definition) is 3. The first kappa shape index (κ1) is 16.8. The summed E-state index contributed by atoms with van der Waals surface area (Å²) in [5.41, 5.74) is 3.18. The summed E-state index contributed by atoms with van der Waals surface area (Å²) in [5, 5.41) is 3.55. The second-order valence-corrected chi connectivity index (χ2v) is 6.59. The van der Waals surface area contributed by atoms with Crippen LogP contribution in [0.2, 0.25) is 0 Å². The normalized spacial score (nSPS) is 18.8. The van der Waals surface area contributed by atoms with Crippen LogP contribution in [0, 0.1) is 0 Å². The number of benzene rings is 2. The van der Waals surface area contributed by atoms with E-state index in [1.54, 1.807) is 0 Å². The summed E-state index contributed by atoms with van der Waals surface area (Å²) in [6, 6.07) is 16.6. The molecule has 0 saturated carbocycles. The van der Waals surface area contributed by atoms with Crippen LogP contribution in [-0.4, -0.2) is 6.10 Å². The molecule has 0 amide bonds. The molecule has 3 heteroatoms. The summed E-state index contributed by atoms with van der Waals surface area (Å²) >= 11 is 0. The molecule has 3 rings (SSSR count). The van der Waals surface area contributed by atoms with Crippen LogP contribution in [0.5, 0.6) is 5.75 Å². The molecule has 1 aliphatic heterocycles. The Morgan fingerprint density at radius 2 is 1.71 bits per heavy atom. The Kier molecular flexibility index (Phi) is 4.81. The van der Waals surface area contributed by atoms with Gasteiger partial charge in [-0.1, -0.05) is 50.2 Å². The van der Waals surface area contributed by atoms with Gasteiger partial charge < -0.3 is 14.8 Å². The van der Waals surface area contributed by atoms with E-state index in [-0.39, 0.29) is 17.9 Å². The lowest BCUT2D eigenvalue weighted by Gasteiger charge is -2.43. The molecule has 0 saturated heterocycles. The van der Waals surface area contributed by atoms with Gasteiger partial charge in [0.1, 0.15) is 5.75 Å². The molecule has 0 spiro atoms. The molecule has 0 bridgehead atoms. The zero-order valence-corrected chi connectivity index (χ0v) is 15.0. The monoisotopic (exact) mass is 325 g/mol. The van der Waals surface area contributed by atoms with Crippen molar-refractivity contribution in [3.05, 3.63) is 59.7 Å². The Morgan fingerprint density at radius 1 is 1.04 bits per heavy atom.